The summed E-state index contributed by atoms with van der Waals surface area (Å²) in [7, 11) is -4.71. The van der Waals surface area contributed by atoms with E-state index in [2.05, 4.69) is 21.3 Å². The second-order valence-electron chi connectivity index (χ2n) is 8.52. The van der Waals surface area contributed by atoms with Gasteiger partial charge in [-0.1, -0.05) is 36.1 Å². The number of hydrogen-bond acceptors (Lipinski definition) is 6. The summed E-state index contributed by atoms with van der Waals surface area (Å²) < 4.78 is 23.3. The fourth-order valence-corrected chi connectivity index (χ4v) is 4.13. The second-order valence-corrected chi connectivity index (χ2v) is 9.76. The number of amides is 2. The number of likely N-dealkylation sites (tertiary alicyclic amines) is 1. The number of phosphoric ester groups is 1. The van der Waals surface area contributed by atoms with Gasteiger partial charge in [-0.05, 0) is 42.3 Å². The van der Waals surface area contributed by atoms with E-state index in [0.29, 0.717) is 30.2 Å². The van der Waals surface area contributed by atoms with Crippen LogP contribution in [0, 0.1) is 11.8 Å². The molecule has 1 aliphatic rings. The molecule has 1 aliphatic heterocycles. The summed E-state index contributed by atoms with van der Waals surface area (Å²) in [6, 6.07) is 13.9. The zero-order valence-corrected chi connectivity index (χ0v) is 20.9. The van der Waals surface area contributed by atoms with Gasteiger partial charge in [-0.2, -0.15) is 0 Å². The number of rotatable bonds is 8. The fraction of sp³-hybridized carbons (Fsp3) is 0.280. The van der Waals surface area contributed by atoms with Gasteiger partial charge in [0.25, 0.3) is 0 Å². The van der Waals surface area contributed by atoms with E-state index in [1.54, 1.807) is 6.20 Å². The number of ether oxygens (including phenoxy) is 1. The molecule has 0 radical (unpaired) electrons. The minimum Gasteiger partial charge on any atom is -0.487 e. The molecular weight excluding hydrogens is 499 g/mol. The van der Waals surface area contributed by atoms with E-state index in [9.17, 15) is 14.5 Å². The van der Waals surface area contributed by atoms with Crippen molar-refractivity contribution in [1.29, 1.82) is 0 Å². The molecule has 12 heteroatoms. The van der Waals surface area contributed by atoms with Crippen LogP contribution in [0.1, 0.15) is 30.5 Å². The molecule has 0 unspecified atom stereocenters. The van der Waals surface area contributed by atoms with Crippen molar-refractivity contribution in [2.75, 3.05) is 19.7 Å². The predicted molar refractivity (Wildman–Crippen MR) is 134 cm³/mol. The van der Waals surface area contributed by atoms with Gasteiger partial charge < -0.3 is 34.8 Å². The lowest BCUT2D eigenvalue weighted by atomic mass is 10.0. The zero-order chi connectivity index (χ0) is 26.6. The molecule has 1 aromatic heterocycles. The molecule has 5 N–H and O–H groups in total. The summed E-state index contributed by atoms with van der Waals surface area (Å²) in [5, 5.41) is 9.95. The molecule has 2 atom stereocenters. The molecule has 2 aromatic carbocycles. The van der Waals surface area contributed by atoms with E-state index in [-0.39, 0.29) is 12.7 Å². The van der Waals surface area contributed by atoms with Crippen LogP contribution in [0.5, 0.6) is 5.75 Å². The predicted octanol–water partition coefficient (Wildman–Crippen LogP) is 2.45. The Morgan fingerprint density at radius 1 is 1.16 bits per heavy atom. The minimum absolute atomic E-state index is 0.0638. The Morgan fingerprint density at radius 2 is 1.78 bits per heavy atom. The SMILES string of the molecule is C[C@H](O)c1nccn1[C@@H](C#Cc1ccc(-c2ccc(OC3CN(C(N)=O)C3)cc2)cc1)COP(=O)(O)O. The van der Waals surface area contributed by atoms with Crippen LogP contribution >= 0.6 is 7.82 Å². The van der Waals surface area contributed by atoms with Gasteiger partial charge in [0.2, 0.25) is 0 Å². The lowest BCUT2D eigenvalue weighted by Gasteiger charge is -2.37. The molecule has 4 rings (SSSR count). The highest BCUT2D eigenvalue weighted by molar-refractivity contribution is 7.46. The lowest BCUT2D eigenvalue weighted by molar-refractivity contribution is 0.0477. The van der Waals surface area contributed by atoms with Gasteiger partial charge >= 0.3 is 13.9 Å². The highest BCUT2D eigenvalue weighted by Crippen LogP contribution is 2.37. The Morgan fingerprint density at radius 3 is 2.35 bits per heavy atom. The van der Waals surface area contributed by atoms with Crippen molar-refractivity contribution >= 4 is 13.9 Å². The monoisotopic (exact) mass is 526 g/mol. The molecule has 37 heavy (non-hydrogen) atoms. The Bertz CT molecular complexity index is 1330. The van der Waals surface area contributed by atoms with Crippen LogP contribution in [-0.4, -0.2) is 61.2 Å². The Hall–Kier alpha value is -3.65. The van der Waals surface area contributed by atoms with Crippen LogP contribution in [0.15, 0.2) is 60.9 Å². The summed E-state index contributed by atoms with van der Waals surface area (Å²) in [6.45, 7) is 2.11. The first-order chi connectivity index (χ1) is 17.6. The standard InChI is InChI=1S/C25H27N4O7P/c1-17(30)24-27-12-13-29(24)21(16-35-37(32,33)34)9-4-18-2-5-19(6-3-18)20-7-10-22(11-8-20)36-23-14-28(15-23)25(26)31/h2-3,5-8,10-13,17,21,23,30H,14-16H2,1H3,(H2,26,31)(H2,32,33,34)/t17-,21-/m0/s1. The Labute approximate surface area is 213 Å². The summed E-state index contributed by atoms with van der Waals surface area (Å²) >= 11 is 0. The number of phosphoric acid groups is 1. The van der Waals surface area contributed by atoms with Gasteiger partial charge in [-0.25, -0.2) is 14.3 Å². The molecule has 1 saturated heterocycles. The van der Waals surface area contributed by atoms with Crippen molar-refractivity contribution in [3.8, 4) is 28.7 Å². The number of nitrogens with two attached hydrogens (primary N) is 1. The highest BCUT2D eigenvalue weighted by atomic mass is 31.2. The number of aromatic nitrogens is 2. The number of benzene rings is 2. The minimum atomic E-state index is -4.71. The lowest BCUT2D eigenvalue weighted by Crippen LogP contribution is -2.57. The third-order valence-electron chi connectivity index (χ3n) is 5.73. The molecule has 194 valence electrons. The van der Waals surface area contributed by atoms with E-state index >= 15 is 0 Å². The van der Waals surface area contributed by atoms with E-state index in [4.69, 9.17) is 20.3 Å². The van der Waals surface area contributed by atoms with Crippen molar-refractivity contribution in [3.63, 3.8) is 0 Å². The molecule has 2 amide bonds. The van der Waals surface area contributed by atoms with Crippen LogP contribution in [0.2, 0.25) is 0 Å². The molecule has 0 spiro atoms. The Kier molecular flexibility index (Phi) is 7.97. The van der Waals surface area contributed by atoms with E-state index in [0.717, 1.165) is 11.1 Å². The molecule has 11 nitrogen and oxygen atoms in total. The first-order valence-corrected chi connectivity index (χ1v) is 13.0. The van der Waals surface area contributed by atoms with Crippen molar-refractivity contribution in [3.05, 3.63) is 72.3 Å². The first-order valence-electron chi connectivity index (χ1n) is 11.4. The zero-order valence-electron chi connectivity index (χ0n) is 20.0. The van der Waals surface area contributed by atoms with Crippen LogP contribution in [-0.2, 0) is 9.09 Å². The van der Waals surface area contributed by atoms with Gasteiger partial charge in [0, 0.05) is 18.0 Å². The average Bonchev–Trinajstić information content (AvgIpc) is 3.31. The van der Waals surface area contributed by atoms with Gasteiger partial charge in [-0.15, -0.1) is 0 Å². The molecule has 3 aromatic rings. The largest absolute Gasteiger partial charge is 0.487 e. The summed E-state index contributed by atoms with van der Waals surface area (Å²) in [5.74, 6) is 6.97. The molecule has 1 fully saturated rings. The molecule has 0 saturated carbocycles. The Balaban J connectivity index is 1.44. The number of carbonyl (C=O) groups is 1. The molecule has 2 heterocycles. The van der Waals surface area contributed by atoms with Gasteiger partial charge in [-0.3, -0.25) is 4.52 Å². The normalized spacial score (nSPS) is 15.3. The third-order valence-corrected chi connectivity index (χ3v) is 6.21. The van der Waals surface area contributed by atoms with Crippen LogP contribution in [0.4, 0.5) is 4.79 Å². The van der Waals surface area contributed by atoms with E-state index in [1.165, 1.54) is 22.6 Å². The average molecular weight is 526 g/mol. The topological polar surface area (TPSA) is 160 Å². The molecule has 0 bridgehead atoms. The number of imidazole rings is 1. The van der Waals surface area contributed by atoms with Gasteiger partial charge in [0.05, 0.1) is 19.7 Å². The number of urea groups is 1. The maximum Gasteiger partial charge on any atom is 0.469 e. The third kappa shape index (κ3) is 6.98. The van der Waals surface area contributed by atoms with E-state index in [1.807, 2.05) is 48.5 Å². The van der Waals surface area contributed by atoms with Gasteiger partial charge in [0.15, 0.2) is 0 Å². The van der Waals surface area contributed by atoms with Crippen molar-refractivity contribution in [2.45, 2.75) is 25.2 Å². The number of nitrogens with zero attached hydrogens (tertiary/aromatic N) is 3. The number of hydrogen-bond donors (Lipinski definition) is 4. The summed E-state index contributed by atoms with van der Waals surface area (Å²) in [5.41, 5.74) is 7.86. The van der Waals surface area contributed by atoms with Crippen molar-refractivity contribution < 1.29 is 33.5 Å². The first kappa shape index (κ1) is 26.4. The van der Waals surface area contributed by atoms with Crippen molar-refractivity contribution in [1.82, 2.24) is 14.5 Å². The van der Waals surface area contributed by atoms with Gasteiger partial charge in [0.1, 0.15) is 29.8 Å². The maximum atomic E-state index is 11.2. The van der Waals surface area contributed by atoms with Crippen LogP contribution in [0.25, 0.3) is 11.1 Å². The number of aliphatic hydroxyl groups is 1. The van der Waals surface area contributed by atoms with E-state index < -0.39 is 26.0 Å². The molecule has 0 aliphatic carbocycles. The maximum absolute atomic E-state index is 11.2. The quantitative estimate of drug-likeness (QED) is 0.257. The fourth-order valence-electron chi connectivity index (χ4n) is 3.79. The highest BCUT2D eigenvalue weighted by Gasteiger charge is 2.30. The van der Waals surface area contributed by atoms with Crippen LogP contribution in [0.3, 0.4) is 0 Å². The summed E-state index contributed by atoms with van der Waals surface area (Å²) in [6.07, 6.45) is 2.08. The molecular formula is C25H27N4O7P. The number of aliphatic hydroxyl groups excluding tert-OH is 1. The number of carbonyl (C=O) groups excluding carboxylic acids is 1. The number of primary amides is 1. The summed E-state index contributed by atoms with van der Waals surface area (Å²) in [4.78, 5) is 34.9. The van der Waals surface area contributed by atoms with Crippen LogP contribution < -0.4 is 10.5 Å². The van der Waals surface area contributed by atoms with Crippen molar-refractivity contribution in [2.24, 2.45) is 5.73 Å². The smallest absolute Gasteiger partial charge is 0.469 e. The second kappa shape index (κ2) is 11.2.